The zero-order valence-electron chi connectivity index (χ0n) is 10.0. The van der Waals surface area contributed by atoms with Gasteiger partial charge in [-0.2, -0.15) is 0 Å². The van der Waals surface area contributed by atoms with Crippen molar-refractivity contribution in [1.82, 2.24) is 0 Å². The van der Waals surface area contributed by atoms with Crippen LogP contribution in [0.15, 0.2) is 35.2 Å². The fourth-order valence-electron chi connectivity index (χ4n) is 2.14. The molecule has 1 aliphatic rings. The predicted molar refractivity (Wildman–Crippen MR) is 71.3 cm³/mol. The van der Waals surface area contributed by atoms with Crippen LogP contribution in [-0.4, -0.2) is 30.2 Å². The van der Waals surface area contributed by atoms with Gasteiger partial charge in [-0.15, -0.1) is 11.8 Å². The van der Waals surface area contributed by atoms with Gasteiger partial charge in [0.2, 0.25) is 0 Å². The quantitative estimate of drug-likeness (QED) is 0.817. The summed E-state index contributed by atoms with van der Waals surface area (Å²) in [5.74, 6) is 1.44. The van der Waals surface area contributed by atoms with Crippen molar-refractivity contribution < 1.29 is 9.84 Å². The van der Waals surface area contributed by atoms with Gasteiger partial charge in [0.15, 0.2) is 0 Å². The number of aliphatic hydroxyl groups is 1. The molecule has 3 heteroatoms. The van der Waals surface area contributed by atoms with E-state index in [0.29, 0.717) is 5.92 Å². The molecule has 0 radical (unpaired) electrons. The number of thioether (sulfide) groups is 1. The molecule has 1 aromatic carbocycles. The van der Waals surface area contributed by atoms with E-state index < -0.39 is 0 Å². The monoisotopic (exact) mass is 252 g/mol. The van der Waals surface area contributed by atoms with E-state index in [1.807, 2.05) is 18.2 Å². The van der Waals surface area contributed by atoms with E-state index in [4.69, 9.17) is 4.74 Å². The Bertz CT molecular complexity index is 309. The van der Waals surface area contributed by atoms with Gasteiger partial charge in [0.25, 0.3) is 0 Å². The summed E-state index contributed by atoms with van der Waals surface area (Å²) in [5.41, 5.74) is 0. The number of hydrogen-bond acceptors (Lipinski definition) is 3. The number of aliphatic hydroxyl groups excluding tert-OH is 1. The second kappa shape index (κ2) is 7.04. The molecule has 1 aromatic rings. The summed E-state index contributed by atoms with van der Waals surface area (Å²) in [6, 6.07) is 10.3. The minimum atomic E-state index is -0.191. The minimum Gasteiger partial charge on any atom is -0.392 e. The van der Waals surface area contributed by atoms with Crippen molar-refractivity contribution in [3.63, 3.8) is 0 Å². The van der Waals surface area contributed by atoms with Crippen molar-refractivity contribution in [2.45, 2.75) is 30.3 Å². The summed E-state index contributed by atoms with van der Waals surface area (Å²) < 4.78 is 5.32. The molecule has 1 saturated heterocycles. The molecule has 17 heavy (non-hydrogen) atoms. The van der Waals surface area contributed by atoms with Crippen molar-refractivity contribution in [2.75, 3.05) is 19.0 Å². The fourth-order valence-corrected chi connectivity index (χ4v) is 3.01. The van der Waals surface area contributed by atoms with Crippen molar-refractivity contribution in [3.8, 4) is 0 Å². The first-order valence-electron chi connectivity index (χ1n) is 6.28. The minimum absolute atomic E-state index is 0.191. The van der Waals surface area contributed by atoms with Crippen LogP contribution < -0.4 is 0 Å². The predicted octanol–water partition coefficient (Wildman–Crippen LogP) is 2.96. The molecule has 0 aliphatic carbocycles. The summed E-state index contributed by atoms with van der Waals surface area (Å²) in [5, 5.41) is 10.0. The second-order valence-corrected chi connectivity index (χ2v) is 5.66. The Labute approximate surface area is 107 Å². The standard InChI is InChI=1S/C14H20O2S/c15-13(10-12-6-8-16-9-7-12)11-17-14-4-2-1-3-5-14/h1-5,12-13,15H,6-11H2. The van der Waals surface area contributed by atoms with Crippen LogP contribution in [0, 0.1) is 5.92 Å². The summed E-state index contributed by atoms with van der Waals surface area (Å²) >= 11 is 1.74. The maximum atomic E-state index is 10.0. The van der Waals surface area contributed by atoms with E-state index >= 15 is 0 Å². The molecule has 1 N–H and O–H groups in total. The van der Waals surface area contributed by atoms with Gasteiger partial charge in [0.05, 0.1) is 6.10 Å². The topological polar surface area (TPSA) is 29.5 Å². The molecule has 94 valence electrons. The molecule has 2 rings (SSSR count). The molecule has 0 spiro atoms. The molecule has 1 heterocycles. The smallest absolute Gasteiger partial charge is 0.0636 e. The van der Waals surface area contributed by atoms with Gasteiger partial charge < -0.3 is 9.84 Å². The van der Waals surface area contributed by atoms with Gasteiger partial charge in [0, 0.05) is 23.9 Å². The highest BCUT2D eigenvalue weighted by Crippen LogP contribution is 2.24. The van der Waals surface area contributed by atoms with Crippen LogP contribution >= 0.6 is 11.8 Å². The third kappa shape index (κ3) is 4.70. The Balaban J connectivity index is 1.68. The molecule has 0 saturated carbocycles. The largest absolute Gasteiger partial charge is 0.392 e. The number of rotatable bonds is 5. The average molecular weight is 252 g/mol. The van der Waals surface area contributed by atoms with Crippen LogP contribution in [0.1, 0.15) is 19.3 Å². The van der Waals surface area contributed by atoms with E-state index in [9.17, 15) is 5.11 Å². The SMILES string of the molecule is OC(CSc1ccccc1)CC1CCOCC1. The molecular formula is C14H20O2S. The second-order valence-electron chi connectivity index (χ2n) is 4.57. The highest BCUT2D eigenvalue weighted by Gasteiger charge is 2.17. The van der Waals surface area contributed by atoms with Crippen LogP contribution in [-0.2, 0) is 4.74 Å². The van der Waals surface area contributed by atoms with E-state index in [1.165, 1.54) is 4.90 Å². The van der Waals surface area contributed by atoms with E-state index in [1.54, 1.807) is 11.8 Å². The molecule has 1 fully saturated rings. The molecule has 0 amide bonds. The first kappa shape index (κ1) is 12.9. The Morgan fingerprint density at radius 1 is 1.24 bits per heavy atom. The lowest BCUT2D eigenvalue weighted by Crippen LogP contribution is -2.22. The van der Waals surface area contributed by atoms with Crippen LogP contribution in [0.5, 0.6) is 0 Å². The summed E-state index contributed by atoms with van der Waals surface area (Å²) in [6.07, 6.45) is 2.94. The van der Waals surface area contributed by atoms with Crippen LogP contribution in [0.2, 0.25) is 0 Å². The van der Waals surface area contributed by atoms with Crippen LogP contribution in [0.4, 0.5) is 0 Å². The van der Waals surface area contributed by atoms with E-state index in [-0.39, 0.29) is 6.10 Å². The molecule has 1 unspecified atom stereocenters. The molecule has 0 aromatic heterocycles. The van der Waals surface area contributed by atoms with Crippen LogP contribution in [0.25, 0.3) is 0 Å². The van der Waals surface area contributed by atoms with Gasteiger partial charge in [-0.05, 0) is 37.3 Å². The summed E-state index contributed by atoms with van der Waals surface area (Å²) in [6.45, 7) is 1.73. The Hall–Kier alpha value is -0.510. The number of ether oxygens (including phenoxy) is 1. The Kier molecular flexibility index (Phi) is 5.36. The third-order valence-corrected chi connectivity index (χ3v) is 4.29. The number of hydrogen-bond donors (Lipinski definition) is 1. The van der Waals surface area contributed by atoms with Crippen molar-refractivity contribution in [1.29, 1.82) is 0 Å². The van der Waals surface area contributed by atoms with Gasteiger partial charge >= 0.3 is 0 Å². The molecular weight excluding hydrogens is 232 g/mol. The van der Waals surface area contributed by atoms with Crippen molar-refractivity contribution in [3.05, 3.63) is 30.3 Å². The molecule has 0 bridgehead atoms. The lowest BCUT2D eigenvalue weighted by molar-refractivity contribution is 0.0478. The third-order valence-electron chi connectivity index (χ3n) is 3.13. The first-order chi connectivity index (χ1) is 8.34. The average Bonchev–Trinajstić information content (AvgIpc) is 2.39. The Morgan fingerprint density at radius 3 is 2.65 bits per heavy atom. The van der Waals surface area contributed by atoms with Gasteiger partial charge in [-0.25, -0.2) is 0 Å². The summed E-state index contributed by atoms with van der Waals surface area (Å²) in [7, 11) is 0. The molecule has 1 aliphatic heterocycles. The first-order valence-corrected chi connectivity index (χ1v) is 7.27. The van der Waals surface area contributed by atoms with E-state index in [0.717, 1.165) is 38.2 Å². The maximum absolute atomic E-state index is 10.0. The van der Waals surface area contributed by atoms with Gasteiger partial charge in [-0.3, -0.25) is 0 Å². The zero-order chi connectivity index (χ0) is 11.9. The molecule has 1 atom stereocenters. The maximum Gasteiger partial charge on any atom is 0.0636 e. The highest BCUT2D eigenvalue weighted by molar-refractivity contribution is 7.99. The van der Waals surface area contributed by atoms with Crippen molar-refractivity contribution in [2.24, 2.45) is 5.92 Å². The highest BCUT2D eigenvalue weighted by atomic mass is 32.2. The Morgan fingerprint density at radius 2 is 1.94 bits per heavy atom. The zero-order valence-corrected chi connectivity index (χ0v) is 10.9. The fraction of sp³-hybridized carbons (Fsp3) is 0.571. The summed E-state index contributed by atoms with van der Waals surface area (Å²) in [4.78, 5) is 1.23. The van der Waals surface area contributed by atoms with E-state index in [2.05, 4.69) is 12.1 Å². The lowest BCUT2D eigenvalue weighted by Gasteiger charge is -2.24. The van der Waals surface area contributed by atoms with Gasteiger partial charge in [-0.1, -0.05) is 18.2 Å². The van der Waals surface area contributed by atoms with Crippen molar-refractivity contribution >= 4 is 11.8 Å². The normalized spacial score (nSPS) is 19.1. The van der Waals surface area contributed by atoms with Crippen LogP contribution in [0.3, 0.4) is 0 Å². The van der Waals surface area contributed by atoms with Gasteiger partial charge in [0.1, 0.15) is 0 Å². The number of benzene rings is 1. The lowest BCUT2D eigenvalue weighted by atomic mass is 9.94. The molecule has 2 nitrogen and oxygen atoms in total.